The summed E-state index contributed by atoms with van der Waals surface area (Å²) in [5.74, 6) is -0.0426. The smallest absolute Gasteiger partial charge is 0.434 e. The lowest BCUT2D eigenvalue weighted by molar-refractivity contribution is -0.141. The van der Waals surface area contributed by atoms with E-state index >= 15 is 4.39 Å². The van der Waals surface area contributed by atoms with Crippen LogP contribution in [0.2, 0.25) is 0 Å². The van der Waals surface area contributed by atoms with E-state index in [0.717, 1.165) is 12.5 Å². The van der Waals surface area contributed by atoms with Gasteiger partial charge in [0.05, 0.1) is 11.9 Å². The van der Waals surface area contributed by atoms with Gasteiger partial charge in [0.15, 0.2) is 27.2 Å². The number of sulfone groups is 1. The van der Waals surface area contributed by atoms with Gasteiger partial charge in [-0.25, -0.2) is 22.8 Å². The van der Waals surface area contributed by atoms with E-state index in [9.17, 15) is 26.7 Å². The molecule has 0 bridgehead atoms. The van der Waals surface area contributed by atoms with Crippen LogP contribution < -0.4 is 0 Å². The fourth-order valence-corrected chi connectivity index (χ4v) is 6.60. The van der Waals surface area contributed by atoms with Gasteiger partial charge in [-0.3, -0.25) is 4.98 Å². The largest absolute Gasteiger partial charge is 0.440 e. The maximum atomic E-state index is 15.1. The molecule has 3 aromatic rings. The minimum atomic E-state index is -4.66. The number of alkyl halides is 3. The average Bonchev–Trinajstić information content (AvgIpc) is 3.50. The van der Waals surface area contributed by atoms with E-state index in [1.165, 1.54) is 17.6 Å². The van der Waals surface area contributed by atoms with Crippen LogP contribution in [0.5, 0.6) is 0 Å². The number of aromatic nitrogens is 4. The van der Waals surface area contributed by atoms with Crippen molar-refractivity contribution >= 4 is 21.1 Å². The summed E-state index contributed by atoms with van der Waals surface area (Å²) in [4.78, 5) is 12.7. The van der Waals surface area contributed by atoms with Crippen LogP contribution >= 0.6 is 0 Å². The number of aliphatic hydroxyl groups is 1. The molecule has 0 fully saturated rings. The standard InChI is InChI=1S/C29H28F4N4O4S/c1-15-20(6-5-9-34-15)28-27(36-17(3)41-28)21-10-18(19-11-23(30)22(14-38)25(12-19)42(4,39)40)7-8-24(21)37-13-26(29(31,32)33)35-16(37)2/h5-6,9-11,13,25,38H,7-8,12,14H2,1-4H3. The summed E-state index contributed by atoms with van der Waals surface area (Å²) >= 11 is 0. The predicted octanol–water partition coefficient (Wildman–Crippen LogP) is 5.92. The first-order valence-electron chi connectivity index (χ1n) is 13.0. The Balaban J connectivity index is 1.75. The van der Waals surface area contributed by atoms with Crippen LogP contribution in [-0.2, 0) is 16.0 Å². The molecule has 0 aliphatic heterocycles. The highest BCUT2D eigenvalue weighted by atomic mass is 32.2. The zero-order valence-corrected chi connectivity index (χ0v) is 24.1. The average molecular weight is 605 g/mol. The number of aryl methyl sites for hydroxylation is 3. The first-order chi connectivity index (χ1) is 19.7. The Morgan fingerprint density at radius 1 is 1.12 bits per heavy atom. The van der Waals surface area contributed by atoms with Crippen LogP contribution in [0.1, 0.15) is 48.1 Å². The van der Waals surface area contributed by atoms with Crippen LogP contribution in [0.3, 0.4) is 0 Å². The molecule has 2 aliphatic rings. The summed E-state index contributed by atoms with van der Waals surface area (Å²) in [6.45, 7) is 4.16. The number of pyridine rings is 1. The molecule has 0 saturated heterocycles. The van der Waals surface area contributed by atoms with Gasteiger partial charge in [0, 0.05) is 53.7 Å². The van der Waals surface area contributed by atoms with E-state index in [-0.39, 0.29) is 30.7 Å². The quantitative estimate of drug-likeness (QED) is 0.348. The highest BCUT2D eigenvalue weighted by Crippen LogP contribution is 2.44. The number of hydrogen-bond acceptors (Lipinski definition) is 7. The first kappa shape index (κ1) is 29.6. The molecule has 5 rings (SSSR count). The minimum Gasteiger partial charge on any atom is -0.440 e. The van der Waals surface area contributed by atoms with Gasteiger partial charge in [0.25, 0.3) is 0 Å². The van der Waals surface area contributed by atoms with Gasteiger partial charge in [-0.2, -0.15) is 13.2 Å². The van der Waals surface area contributed by atoms with Crippen molar-refractivity contribution < 1.29 is 35.5 Å². The summed E-state index contributed by atoms with van der Waals surface area (Å²) in [5.41, 5.74) is 2.28. The zero-order valence-electron chi connectivity index (χ0n) is 23.3. The maximum Gasteiger partial charge on any atom is 0.434 e. The number of hydrogen-bond donors (Lipinski definition) is 1. The van der Waals surface area contributed by atoms with Crippen molar-refractivity contribution in [3.63, 3.8) is 0 Å². The van der Waals surface area contributed by atoms with Crippen LogP contribution in [0.4, 0.5) is 17.6 Å². The van der Waals surface area contributed by atoms with Gasteiger partial charge in [0.2, 0.25) is 0 Å². The first-order valence-corrected chi connectivity index (χ1v) is 15.0. The van der Waals surface area contributed by atoms with Crippen LogP contribution in [-0.4, -0.2) is 51.2 Å². The topological polar surface area (TPSA) is 111 Å². The highest BCUT2D eigenvalue weighted by molar-refractivity contribution is 7.91. The summed E-state index contributed by atoms with van der Waals surface area (Å²) < 4.78 is 88.2. The number of allylic oxidation sites excluding steroid dienone is 7. The zero-order chi connectivity index (χ0) is 30.6. The number of aliphatic hydroxyl groups excluding tert-OH is 1. The molecule has 222 valence electrons. The van der Waals surface area contributed by atoms with Crippen molar-refractivity contribution in [1.29, 1.82) is 0 Å². The highest BCUT2D eigenvalue weighted by Gasteiger charge is 2.37. The molecule has 1 unspecified atom stereocenters. The number of imidazole rings is 1. The molecule has 1 atom stereocenters. The second kappa shape index (κ2) is 10.8. The third-order valence-electron chi connectivity index (χ3n) is 7.47. The van der Waals surface area contributed by atoms with E-state index in [2.05, 4.69) is 15.0 Å². The lowest BCUT2D eigenvalue weighted by atomic mass is 9.84. The summed E-state index contributed by atoms with van der Waals surface area (Å²) in [5, 5.41) is 8.42. The number of halogens is 4. The van der Waals surface area contributed by atoms with Gasteiger partial charge in [0.1, 0.15) is 17.3 Å². The monoisotopic (exact) mass is 604 g/mol. The molecular formula is C29H28F4N4O4S. The Kier molecular flexibility index (Phi) is 7.60. The van der Waals surface area contributed by atoms with E-state index in [1.54, 1.807) is 38.3 Å². The fourth-order valence-electron chi connectivity index (χ4n) is 5.42. The normalized spacial score (nSPS) is 18.5. The Morgan fingerprint density at radius 3 is 2.48 bits per heavy atom. The molecule has 3 aromatic heterocycles. The third kappa shape index (κ3) is 5.50. The summed E-state index contributed by atoms with van der Waals surface area (Å²) in [6, 6.07) is 3.52. The van der Waals surface area contributed by atoms with Gasteiger partial charge >= 0.3 is 6.18 Å². The molecule has 1 N–H and O–H groups in total. The Hall–Kier alpha value is -3.84. The van der Waals surface area contributed by atoms with E-state index in [4.69, 9.17) is 4.42 Å². The second-order valence-corrected chi connectivity index (χ2v) is 12.6. The molecular weight excluding hydrogens is 576 g/mol. The van der Waals surface area contributed by atoms with Crippen molar-refractivity contribution in [2.24, 2.45) is 0 Å². The van der Waals surface area contributed by atoms with Gasteiger partial charge in [-0.15, -0.1) is 0 Å². The van der Waals surface area contributed by atoms with Gasteiger partial charge < -0.3 is 14.1 Å². The molecule has 0 spiro atoms. The second-order valence-electron chi connectivity index (χ2n) is 10.3. The molecule has 42 heavy (non-hydrogen) atoms. The minimum absolute atomic E-state index is 0.0642. The molecule has 0 amide bonds. The maximum absolute atomic E-state index is 15.1. The van der Waals surface area contributed by atoms with Gasteiger partial charge in [-0.1, -0.05) is 0 Å². The third-order valence-corrected chi connectivity index (χ3v) is 8.95. The Labute approximate surface area is 239 Å². The Bertz CT molecular complexity index is 1810. The fraction of sp³-hybridized carbons (Fsp3) is 0.345. The van der Waals surface area contributed by atoms with Crippen molar-refractivity contribution in [2.45, 2.75) is 51.5 Å². The molecule has 3 heterocycles. The van der Waals surface area contributed by atoms with E-state index in [0.29, 0.717) is 51.0 Å². The number of oxazole rings is 1. The number of rotatable bonds is 6. The van der Waals surface area contributed by atoms with E-state index < -0.39 is 39.4 Å². The molecule has 0 radical (unpaired) electrons. The van der Waals surface area contributed by atoms with Crippen molar-refractivity contribution in [3.8, 4) is 11.3 Å². The number of nitrogens with zero attached hydrogens (tertiary/aromatic N) is 4. The molecule has 0 aromatic carbocycles. The van der Waals surface area contributed by atoms with Crippen molar-refractivity contribution in [1.82, 2.24) is 19.5 Å². The SMILES string of the molecule is Cc1nc(C2=C(n3cc(C(F)(F)F)nc3C)CCC(C3=CC(F)=C(CO)C(S(C)(=O)=O)C3)=C2)c(-c2cccnc2C)o1. The molecule has 8 nitrogen and oxygen atoms in total. The lowest BCUT2D eigenvalue weighted by Gasteiger charge is -2.28. The van der Waals surface area contributed by atoms with Crippen LogP contribution in [0.25, 0.3) is 22.6 Å². The van der Waals surface area contributed by atoms with Crippen molar-refractivity contribution in [3.05, 3.63) is 88.0 Å². The molecule has 0 saturated carbocycles. The lowest BCUT2D eigenvalue weighted by Crippen LogP contribution is -2.28. The summed E-state index contributed by atoms with van der Waals surface area (Å²) in [6.07, 6.45) is 2.22. The van der Waals surface area contributed by atoms with E-state index in [1.807, 2.05) is 0 Å². The van der Waals surface area contributed by atoms with Crippen LogP contribution in [0, 0.1) is 20.8 Å². The summed E-state index contributed by atoms with van der Waals surface area (Å²) in [7, 11) is -3.76. The Morgan fingerprint density at radius 2 is 1.86 bits per heavy atom. The predicted molar refractivity (Wildman–Crippen MR) is 148 cm³/mol. The van der Waals surface area contributed by atoms with Crippen LogP contribution in [0.15, 0.2) is 63.6 Å². The van der Waals surface area contributed by atoms with Crippen molar-refractivity contribution in [2.75, 3.05) is 12.9 Å². The molecule has 13 heteroatoms. The van der Waals surface area contributed by atoms with Gasteiger partial charge in [-0.05, 0) is 68.5 Å². The molecule has 2 aliphatic carbocycles.